The summed E-state index contributed by atoms with van der Waals surface area (Å²) in [5.74, 6) is -0.336. The van der Waals surface area contributed by atoms with Crippen molar-refractivity contribution in [3.63, 3.8) is 0 Å². The Kier molecular flexibility index (Phi) is 7.34. The number of H-pyrrole nitrogens is 1. The SMILES string of the molecule is O=C(Cc1csc(NS(=O)(=O)CC=Cc2cccc3ccccc23)n1)NCCc1c[nH]c2ccccc12. The molecule has 5 rings (SSSR count). The third-order valence-corrected chi connectivity index (χ3v) is 8.04. The molecule has 37 heavy (non-hydrogen) atoms. The molecule has 2 aromatic heterocycles. The third-order valence-electron chi connectivity index (χ3n) is 5.96. The average molecular weight is 531 g/mol. The van der Waals surface area contributed by atoms with Crippen LogP contribution >= 0.6 is 11.3 Å². The van der Waals surface area contributed by atoms with Gasteiger partial charge in [0.05, 0.1) is 17.9 Å². The fourth-order valence-electron chi connectivity index (χ4n) is 4.21. The van der Waals surface area contributed by atoms with Crippen molar-refractivity contribution in [1.82, 2.24) is 15.3 Å². The number of sulfonamides is 1. The highest BCUT2D eigenvalue weighted by Gasteiger charge is 2.13. The predicted molar refractivity (Wildman–Crippen MR) is 151 cm³/mol. The highest BCUT2D eigenvalue weighted by Crippen LogP contribution is 2.21. The Hall–Kier alpha value is -3.95. The first-order chi connectivity index (χ1) is 18.0. The van der Waals surface area contributed by atoms with Gasteiger partial charge in [0.2, 0.25) is 15.9 Å². The minimum absolute atomic E-state index is 0.0904. The van der Waals surface area contributed by atoms with Gasteiger partial charge in [0.1, 0.15) is 0 Å². The number of nitrogens with zero attached hydrogens (tertiary/aromatic N) is 1. The normalized spacial score (nSPS) is 11.9. The van der Waals surface area contributed by atoms with E-state index in [1.54, 1.807) is 11.5 Å². The lowest BCUT2D eigenvalue weighted by atomic mass is 10.0. The maximum atomic E-state index is 12.6. The maximum absolute atomic E-state index is 12.6. The van der Waals surface area contributed by atoms with E-state index in [9.17, 15) is 13.2 Å². The Balaban J connectivity index is 1.11. The summed E-state index contributed by atoms with van der Waals surface area (Å²) in [5, 5.41) is 8.18. The lowest BCUT2D eigenvalue weighted by molar-refractivity contribution is -0.120. The summed E-state index contributed by atoms with van der Waals surface area (Å²) in [6.07, 6.45) is 6.21. The molecule has 0 saturated carbocycles. The van der Waals surface area contributed by atoms with Crippen LogP contribution < -0.4 is 10.0 Å². The molecule has 0 aliphatic rings. The number of aromatic amines is 1. The van der Waals surface area contributed by atoms with Crippen LogP contribution in [-0.4, -0.2) is 36.6 Å². The number of para-hydroxylation sites is 1. The average Bonchev–Trinajstić information content (AvgIpc) is 3.50. The van der Waals surface area contributed by atoms with Crippen molar-refractivity contribution in [2.75, 3.05) is 17.0 Å². The van der Waals surface area contributed by atoms with Crippen molar-refractivity contribution >= 4 is 60.2 Å². The van der Waals surface area contributed by atoms with E-state index in [1.807, 2.05) is 72.9 Å². The smallest absolute Gasteiger partial charge is 0.238 e. The molecule has 9 heteroatoms. The van der Waals surface area contributed by atoms with Crippen molar-refractivity contribution in [2.24, 2.45) is 0 Å². The maximum Gasteiger partial charge on any atom is 0.238 e. The number of anilines is 1. The van der Waals surface area contributed by atoms with E-state index in [-0.39, 0.29) is 23.2 Å². The van der Waals surface area contributed by atoms with Crippen LogP contribution in [0.5, 0.6) is 0 Å². The third kappa shape index (κ3) is 6.25. The van der Waals surface area contributed by atoms with E-state index in [0.29, 0.717) is 18.7 Å². The molecule has 0 unspecified atom stereocenters. The standard InChI is InChI=1S/C28H26N4O3S2/c33-27(29-15-14-22-18-30-26-13-4-3-12-25(22)26)17-23-19-36-28(31-23)32-37(34,35)16-6-10-21-9-5-8-20-7-1-2-11-24(20)21/h1-13,18-19,30H,14-17H2,(H,29,33)(H,31,32). The second-order valence-corrected chi connectivity index (χ2v) is 11.3. The molecular weight excluding hydrogens is 504 g/mol. The van der Waals surface area contributed by atoms with Gasteiger partial charge in [-0.15, -0.1) is 11.3 Å². The molecular formula is C28H26N4O3S2. The Morgan fingerprint density at radius 1 is 1.00 bits per heavy atom. The molecule has 0 bridgehead atoms. The fraction of sp³-hybridized carbons (Fsp3) is 0.143. The van der Waals surface area contributed by atoms with Crippen LogP contribution in [-0.2, 0) is 27.7 Å². The minimum atomic E-state index is -3.62. The van der Waals surface area contributed by atoms with Crippen LogP contribution in [0.25, 0.3) is 27.8 Å². The summed E-state index contributed by atoms with van der Waals surface area (Å²) < 4.78 is 27.6. The van der Waals surface area contributed by atoms with Crippen molar-refractivity contribution in [3.05, 3.63) is 101 Å². The number of aromatic nitrogens is 2. The number of hydrogen-bond acceptors (Lipinski definition) is 5. The number of thiazole rings is 1. The van der Waals surface area contributed by atoms with E-state index in [2.05, 4.69) is 26.1 Å². The van der Waals surface area contributed by atoms with Crippen LogP contribution in [0, 0.1) is 0 Å². The molecule has 0 aliphatic carbocycles. The number of hydrogen-bond donors (Lipinski definition) is 3. The van der Waals surface area contributed by atoms with Gasteiger partial charge in [-0.3, -0.25) is 9.52 Å². The summed E-state index contributed by atoms with van der Waals surface area (Å²) in [6.45, 7) is 0.507. The summed E-state index contributed by atoms with van der Waals surface area (Å²) in [5.41, 5.74) is 3.71. The first kappa shape index (κ1) is 24.7. The van der Waals surface area contributed by atoms with E-state index in [4.69, 9.17) is 0 Å². The van der Waals surface area contributed by atoms with E-state index >= 15 is 0 Å². The topological polar surface area (TPSA) is 104 Å². The number of carbonyl (C=O) groups excluding carboxylic acids is 1. The number of fused-ring (bicyclic) bond motifs is 2. The largest absolute Gasteiger partial charge is 0.361 e. The Bertz CT molecular complexity index is 1680. The van der Waals surface area contributed by atoms with Crippen LogP contribution in [0.2, 0.25) is 0 Å². The molecule has 0 saturated heterocycles. The zero-order valence-corrected chi connectivity index (χ0v) is 21.6. The molecule has 2 heterocycles. The predicted octanol–water partition coefficient (Wildman–Crippen LogP) is 5.13. The molecule has 3 N–H and O–H groups in total. The zero-order valence-electron chi connectivity index (χ0n) is 20.0. The fourth-order valence-corrected chi connectivity index (χ4v) is 6.08. The van der Waals surface area contributed by atoms with Crippen LogP contribution in [0.15, 0.2) is 84.4 Å². The molecule has 0 fully saturated rings. The molecule has 188 valence electrons. The van der Waals surface area contributed by atoms with Gasteiger partial charge in [-0.05, 0) is 34.4 Å². The van der Waals surface area contributed by atoms with Crippen molar-refractivity contribution in [1.29, 1.82) is 0 Å². The zero-order chi connectivity index (χ0) is 25.7. The quantitative estimate of drug-likeness (QED) is 0.233. The summed E-state index contributed by atoms with van der Waals surface area (Å²) in [6, 6.07) is 21.9. The molecule has 0 atom stereocenters. The van der Waals surface area contributed by atoms with Crippen LogP contribution in [0.1, 0.15) is 16.8 Å². The van der Waals surface area contributed by atoms with Crippen LogP contribution in [0.3, 0.4) is 0 Å². The number of benzene rings is 3. The Morgan fingerprint density at radius 3 is 2.68 bits per heavy atom. The summed E-state index contributed by atoms with van der Waals surface area (Å²) in [4.78, 5) is 19.9. The highest BCUT2D eigenvalue weighted by atomic mass is 32.2. The van der Waals surface area contributed by atoms with Gasteiger partial charge in [0.15, 0.2) is 5.13 Å². The monoisotopic (exact) mass is 530 g/mol. The van der Waals surface area contributed by atoms with E-state index < -0.39 is 10.0 Å². The van der Waals surface area contributed by atoms with Gasteiger partial charge < -0.3 is 10.3 Å². The lowest BCUT2D eigenvalue weighted by Gasteiger charge is -2.04. The van der Waals surface area contributed by atoms with Crippen molar-refractivity contribution in [3.8, 4) is 0 Å². The Labute approximate surface area is 219 Å². The number of nitrogens with one attached hydrogen (secondary N) is 3. The van der Waals surface area contributed by atoms with E-state index in [1.165, 1.54) is 0 Å². The number of rotatable bonds is 10. The van der Waals surface area contributed by atoms with Gasteiger partial charge in [0, 0.05) is 29.0 Å². The van der Waals surface area contributed by atoms with Crippen LogP contribution in [0.4, 0.5) is 5.13 Å². The van der Waals surface area contributed by atoms with Gasteiger partial charge in [-0.1, -0.05) is 72.8 Å². The first-order valence-corrected chi connectivity index (χ1v) is 14.4. The van der Waals surface area contributed by atoms with Crippen molar-refractivity contribution < 1.29 is 13.2 Å². The van der Waals surface area contributed by atoms with Gasteiger partial charge in [-0.2, -0.15) is 0 Å². The van der Waals surface area contributed by atoms with Gasteiger partial charge in [0.25, 0.3) is 0 Å². The summed E-state index contributed by atoms with van der Waals surface area (Å²) in [7, 11) is -3.62. The first-order valence-electron chi connectivity index (χ1n) is 11.9. The number of carbonyl (C=O) groups is 1. The summed E-state index contributed by atoms with van der Waals surface area (Å²) >= 11 is 1.16. The molecule has 5 aromatic rings. The molecule has 7 nitrogen and oxygen atoms in total. The molecule has 0 spiro atoms. The molecule has 0 radical (unpaired) electrons. The van der Waals surface area contributed by atoms with E-state index in [0.717, 1.165) is 44.1 Å². The van der Waals surface area contributed by atoms with Gasteiger partial charge >= 0.3 is 0 Å². The second-order valence-electron chi connectivity index (χ2n) is 8.63. The lowest BCUT2D eigenvalue weighted by Crippen LogP contribution is -2.27. The molecule has 1 amide bonds. The van der Waals surface area contributed by atoms with Gasteiger partial charge in [-0.25, -0.2) is 13.4 Å². The Morgan fingerprint density at radius 2 is 1.78 bits per heavy atom. The second kappa shape index (κ2) is 11.0. The highest BCUT2D eigenvalue weighted by molar-refractivity contribution is 7.93. The minimum Gasteiger partial charge on any atom is -0.361 e. The number of amides is 1. The van der Waals surface area contributed by atoms with Crippen molar-refractivity contribution in [2.45, 2.75) is 12.8 Å². The molecule has 0 aliphatic heterocycles. The molecule has 3 aromatic carbocycles.